The van der Waals surface area contributed by atoms with Crippen LogP contribution >= 0.6 is 15.6 Å². The van der Waals surface area contributed by atoms with Gasteiger partial charge in [0.05, 0.1) is 26.4 Å². The summed E-state index contributed by atoms with van der Waals surface area (Å²) in [4.78, 5) is 73.0. The number of esters is 4. The van der Waals surface area contributed by atoms with Crippen LogP contribution in [-0.2, 0) is 65.4 Å². The molecule has 3 unspecified atom stereocenters. The lowest BCUT2D eigenvalue weighted by Crippen LogP contribution is -2.30. The third-order valence-corrected chi connectivity index (χ3v) is 20.6. The van der Waals surface area contributed by atoms with Crippen LogP contribution in [-0.4, -0.2) is 96.7 Å². The number of aliphatic hydroxyl groups is 1. The molecule has 0 aromatic carbocycles. The first-order valence-electron chi connectivity index (χ1n) is 40.9. The predicted octanol–water partition coefficient (Wildman–Crippen LogP) is 23.4. The summed E-state index contributed by atoms with van der Waals surface area (Å²) < 4.78 is 68.7. The van der Waals surface area contributed by atoms with Gasteiger partial charge in [0.15, 0.2) is 12.2 Å². The van der Waals surface area contributed by atoms with Crippen molar-refractivity contribution in [3.63, 3.8) is 0 Å². The summed E-state index contributed by atoms with van der Waals surface area (Å²) >= 11 is 0. The van der Waals surface area contributed by atoms with Gasteiger partial charge in [-0.05, 0) is 43.4 Å². The fraction of sp³-hybridized carbons (Fsp3) is 0.949. The number of carbonyl (C=O) groups excluding carboxylic acids is 4. The summed E-state index contributed by atoms with van der Waals surface area (Å²) in [6.45, 7) is 12.0. The van der Waals surface area contributed by atoms with Crippen LogP contribution in [0.15, 0.2) is 0 Å². The van der Waals surface area contributed by atoms with Crippen molar-refractivity contribution < 1.29 is 80.2 Å². The number of hydrogen-bond acceptors (Lipinski definition) is 15. The van der Waals surface area contributed by atoms with Gasteiger partial charge >= 0.3 is 39.5 Å². The first-order valence-corrected chi connectivity index (χ1v) is 43.9. The largest absolute Gasteiger partial charge is 0.472 e. The minimum Gasteiger partial charge on any atom is -0.462 e. The van der Waals surface area contributed by atoms with Crippen molar-refractivity contribution >= 4 is 39.5 Å². The van der Waals surface area contributed by atoms with Crippen LogP contribution in [0.25, 0.3) is 0 Å². The molecular weight excluding hydrogens is 1280 g/mol. The van der Waals surface area contributed by atoms with Gasteiger partial charge in [0.2, 0.25) is 0 Å². The Morgan fingerprint density at radius 1 is 0.296 bits per heavy atom. The average molecular weight is 1440 g/mol. The monoisotopic (exact) mass is 1440 g/mol. The predicted molar refractivity (Wildman–Crippen MR) is 400 cm³/mol. The van der Waals surface area contributed by atoms with Crippen molar-refractivity contribution in [2.75, 3.05) is 39.6 Å². The van der Waals surface area contributed by atoms with E-state index in [-0.39, 0.29) is 25.7 Å². The smallest absolute Gasteiger partial charge is 0.462 e. The second kappa shape index (κ2) is 69.4. The molecule has 0 heterocycles. The van der Waals surface area contributed by atoms with Gasteiger partial charge in [0, 0.05) is 25.7 Å². The molecule has 3 N–H and O–H groups in total. The van der Waals surface area contributed by atoms with E-state index >= 15 is 0 Å². The molecule has 0 saturated heterocycles. The first kappa shape index (κ1) is 96.1. The number of phosphoric acid groups is 2. The minimum absolute atomic E-state index is 0.107. The van der Waals surface area contributed by atoms with Crippen LogP contribution in [0.2, 0.25) is 0 Å². The normalized spacial score (nSPS) is 14.3. The lowest BCUT2D eigenvalue weighted by Gasteiger charge is -2.21. The lowest BCUT2D eigenvalue weighted by atomic mass is 9.99. The highest BCUT2D eigenvalue weighted by Crippen LogP contribution is 2.45. The summed E-state index contributed by atoms with van der Waals surface area (Å²) in [6.07, 6.45) is 56.7. The van der Waals surface area contributed by atoms with Crippen LogP contribution in [0, 0.1) is 17.8 Å². The van der Waals surface area contributed by atoms with E-state index in [0.29, 0.717) is 25.7 Å². The van der Waals surface area contributed by atoms with Gasteiger partial charge < -0.3 is 33.8 Å². The average Bonchev–Trinajstić information content (AvgIpc) is 1.16. The molecule has 19 heteroatoms. The molecule has 582 valence electrons. The molecule has 0 aliphatic heterocycles. The van der Waals surface area contributed by atoms with Crippen LogP contribution in [0.3, 0.4) is 0 Å². The van der Waals surface area contributed by atoms with Crippen molar-refractivity contribution in [3.8, 4) is 0 Å². The Morgan fingerprint density at radius 3 is 0.776 bits per heavy atom. The zero-order valence-electron chi connectivity index (χ0n) is 64.3. The topological polar surface area (TPSA) is 237 Å². The van der Waals surface area contributed by atoms with E-state index in [1.807, 2.05) is 0 Å². The second-order valence-corrected chi connectivity index (χ2v) is 32.6. The maximum absolute atomic E-state index is 13.1. The molecule has 0 aromatic rings. The Hall–Kier alpha value is -1.94. The highest BCUT2D eigenvalue weighted by atomic mass is 31.2. The summed E-state index contributed by atoms with van der Waals surface area (Å²) in [7, 11) is -9.92. The maximum Gasteiger partial charge on any atom is 0.472 e. The van der Waals surface area contributed by atoms with Crippen molar-refractivity contribution in [1.29, 1.82) is 0 Å². The van der Waals surface area contributed by atoms with Gasteiger partial charge in [-0.2, -0.15) is 0 Å². The number of rotatable bonds is 77. The van der Waals surface area contributed by atoms with Crippen molar-refractivity contribution in [3.05, 3.63) is 0 Å². The summed E-state index contributed by atoms with van der Waals surface area (Å²) in [5, 5.41) is 10.6. The lowest BCUT2D eigenvalue weighted by molar-refractivity contribution is -0.161. The van der Waals surface area contributed by atoms with E-state index in [1.165, 1.54) is 218 Å². The Morgan fingerprint density at radius 2 is 0.520 bits per heavy atom. The minimum atomic E-state index is -4.96. The van der Waals surface area contributed by atoms with E-state index in [9.17, 15) is 43.2 Å². The Bertz CT molecular complexity index is 1910. The van der Waals surface area contributed by atoms with E-state index in [2.05, 4.69) is 48.5 Å². The van der Waals surface area contributed by atoms with Crippen LogP contribution in [0.5, 0.6) is 0 Å². The van der Waals surface area contributed by atoms with E-state index < -0.39 is 97.5 Å². The van der Waals surface area contributed by atoms with E-state index in [0.717, 1.165) is 108 Å². The number of unbranched alkanes of at least 4 members (excludes halogenated alkanes) is 44. The highest BCUT2D eigenvalue weighted by Gasteiger charge is 2.30. The standard InChI is InChI=1S/C79H154O17P2/c1-8-10-11-12-13-14-15-19-27-32-41-48-55-62-78(83)96-75(67-90-77(82)61-54-47-40-35-34-38-45-52-59-72(7)9-2)69-94-98(87,88)92-65-73(80)64-91-97(85,86)93-68-74(66-89-76(81)60-53-46-39-31-26-23-22-25-30-37-44-51-58-71(5)6)95-79(84)63-56-49-42-33-28-21-18-16-17-20-24-29-36-43-50-57-70(3)4/h70-75,80H,8-69H2,1-7H3,(H,85,86)(H,87,88)/t72?,73-,74-,75-/m1/s1. The van der Waals surface area contributed by atoms with Crippen LogP contribution < -0.4 is 0 Å². The van der Waals surface area contributed by atoms with Crippen molar-refractivity contribution in [2.45, 2.75) is 426 Å². The third-order valence-electron chi connectivity index (χ3n) is 18.7. The Balaban J connectivity index is 5.27. The van der Waals surface area contributed by atoms with Gasteiger partial charge in [-0.3, -0.25) is 37.3 Å². The number of aliphatic hydroxyl groups excluding tert-OH is 1. The molecular formula is C79H154O17P2. The van der Waals surface area contributed by atoms with Crippen molar-refractivity contribution in [2.24, 2.45) is 17.8 Å². The third kappa shape index (κ3) is 71.1. The number of ether oxygens (including phenoxy) is 4. The molecule has 0 aliphatic carbocycles. The van der Waals surface area contributed by atoms with Gasteiger partial charge in [-0.15, -0.1) is 0 Å². The molecule has 17 nitrogen and oxygen atoms in total. The summed E-state index contributed by atoms with van der Waals surface area (Å²) in [5.41, 5.74) is 0. The maximum atomic E-state index is 13.1. The fourth-order valence-electron chi connectivity index (χ4n) is 12.1. The molecule has 0 bridgehead atoms. The molecule has 0 fully saturated rings. The zero-order chi connectivity index (χ0) is 72.3. The van der Waals surface area contributed by atoms with Gasteiger partial charge in [-0.1, -0.05) is 357 Å². The Labute approximate surface area is 600 Å². The molecule has 98 heavy (non-hydrogen) atoms. The fourth-order valence-corrected chi connectivity index (χ4v) is 13.7. The molecule has 0 saturated carbocycles. The SMILES string of the molecule is CCCCCCCCCCCCCCCC(=O)O[C@H](COC(=O)CCCCCCCCCCC(C)CC)COP(=O)(O)OC[C@H](O)COP(=O)(O)OC[C@@H](COC(=O)CCCCCCCCCCCCCCC(C)C)OC(=O)CCCCCCCCCCCCCCCCCC(C)C. The van der Waals surface area contributed by atoms with Crippen molar-refractivity contribution in [1.82, 2.24) is 0 Å². The van der Waals surface area contributed by atoms with Gasteiger partial charge in [-0.25, -0.2) is 9.13 Å². The second-order valence-electron chi connectivity index (χ2n) is 29.6. The van der Waals surface area contributed by atoms with Crippen LogP contribution in [0.4, 0.5) is 0 Å². The first-order chi connectivity index (χ1) is 47.3. The van der Waals surface area contributed by atoms with Gasteiger partial charge in [0.1, 0.15) is 19.3 Å². The Kier molecular flexibility index (Phi) is 68.1. The molecule has 0 radical (unpaired) electrons. The molecule has 0 amide bonds. The van der Waals surface area contributed by atoms with E-state index in [4.69, 9.17) is 37.0 Å². The van der Waals surface area contributed by atoms with Gasteiger partial charge in [0.25, 0.3) is 0 Å². The quantitative estimate of drug-likeness (QED) is 0.0222. The molecule has 0 aliphatic rings. The molecule has 0 rings (SSSR count). The summed E-state index contributed by atoms with van der Waals surface area (Å²) in [5.74, 6) is 0.250. The van der Waals surface area contributed by atoms with E-state index in [1.54, 1.807) is 0 Å². The molecule has 0 aromatic heterocycles. The summed E-state index contributed by atoms with van der Waals surface area (Å²) in [6, 6.07) is 0. The van der Waals surface area contributed by atoms with Crippen LogP contribution in [0.1, 0.15) is 408 Å². The zero-order valence-corrected chi connectivity index (χ0v) is 66.0. The number of carbonyl (C=O) groups is 4. The molecule has 6 atom stereocenters. The number of hydrogen-bond donors (Lipinski definition) is 3. The highest BCUT2D eigenvalue weighted by molar-refractivity contribution is 7.47. The number of phosphoric ester groups is 2. The molecule has 0 spiro atoms.